The van der Waals surface area contributed by atoms with Gasteiger partial charge in [0.1, 0.15) is 5.75 Å². The molecule has 0 saturated heterocycles. The van der Waals surface area contributed by atoms with E-state index >= 15 is 0 Å². The number of nitrogen functional groups attached to an aromatic ring is 1. The van der Waals surface area contributed by atoms with E-state index in [4.69, 9.17) is 10.5 Å². The van der Waals surface area contributed by atoms with Gasteiger partial charge in [0.15, 0.2) is 0 Å². The minimum atomic E-state index is -3.79. The number of carbonyl (C=O) groups excluding carboxylic acids is 1. The van der Waals surface area contributed by atoms with E-state index in [1.807, 2.05) is 18.2 Å². The fraction of sp³-hybridized carbons (Fsp3) is 0.0741. The molecule has 0 radical (unpaired) electrons. The molecule has 9 heteroatoms. The van der Waals surface area contributed by atoms with Crippen molar-refractivity contribution in [1.29, 1.82) is 0 Å². The molecule has 0 spiro atoms. The largest absolute Gasteiger partial charge is 0.497 e. The summed E-state index contributed by atoms with van der Waals surface area (Å²) in [4.78, 5) is 12.7. The Morgan fingerprint density at radius 2 is 1.42 bits per heavy atom. The van der Waals surface area contributed by atoms with Crippen LogP contribution in [0.4, 0.5) is 22.7 Å². The summed E-state index contributed by atoms with van der Waals surface area (Å²) >= 11 is 0. The monoisotopic (exact) mass is 502 g/mol. The number of anilines is 4. The summed E-state index contributed by atoms with van der Waals surface area (Å²) in [6, 6.07) is 27.4. The SMILES string of the molecule is COc1ccc(S(=O)(=O)Nc2ccccc2NCc2ccc(C(=O)Nc3ccccc3N)cc2)cc1. The average molecular weight is 503 g/mol. The van der Waals surface area contributed by atoms with Crippen LogP contribution in [0, 0.1) is 0 Å². The Kier molecular flexibility index (Phi) is 7.41. The van der Waals surface area contributed by atoms with Gasteiger partial charge in [0, 0.05) is 12.1 Å². The molecule has 0 aliphatic rings. The number of ether oxygens (including phenoxy) is 1. The van der Waals surface area contributed by atoms with Gasteiger partial charge in [-0.2, -0.15) is 0 Å². The van der Waals surface area contributed by atoms with Crippen LogP contribution in [-0.2, 0) is 16.6 Å². The van der Waals surface area contributed by atoms with Crippen molar-refractivity contribution in [3.63, 3.8) is 0 Å². The highest BCUT2D eigenvalue weighted by molar-refractivity contribution is 7.92. The van der Waals surface area contributed by atoms with Gasteiger partial charge >= 0.3 is 0 Å². The fourth-order valence-electron chi connectivity index (χ4n) is 3.46. The zero-order chi connectivity index (χ0) is 25.5. The van der Waals surface area contributed by atoms with Gasteiger partial charge in [-0.15, -0.1) is 0 Å². The van der Waals surface area contributed by atoms with E-state index in [-0.39, 0.29) is 10.8 Å². The molecule has 0 fully saturated rings. The zero-order valence-corrected chi connectivity index (χ0v) is 20.4. The van der Waals surface area contributed by atoms with Gasteiger partial charge in [-0.25, -0.2) is 8.42 Å². The Morgan fingerprint density at radius 1 is 0.806 bits per heavy atom. The van der Waals surface area contributed by atoms with E-state index in [1.54, 1.807) is 66.7 Å². The molecule has 4 aromatic carbocycles. The van der Waals surface area contributed by atoms with Crippen LogP contribution >= 0.6 is 0 Å². The molecule has 184 valence electrons. The predicted octanol–water partition coefficient (Wildman–Crippen LogP) is 4.94. The van der Waals surface area contributed by atoms with Crippen molar-refractivity contribution in [2.45, 2.75) is 11.4 Å². The van der Waals surface area contributed by atoms with Crippen molar-refractivity contribution in [2.75, 3.05) is 28.2 Å². The lowest BCUT2D eigenvalue weighted by atomic mass is 10.1. The van der Waals surface area contributed by atoms with Crippen molar-refractivity contribution < 1.29 is 17.9 Å². The number of nitrogens with one attached hydrogen (secondary N) is 3. The quantitative estimate of drug-likeness (QED) is 0.240. The predicted molar refractivity (Wildman–Crippen MR) is 143 cm³/mol. The van der Waals surface area contributed by atoms with Crippen molar-refractivity contribution in [3.05, 3.63) is 108 Å². The molecule has 5 N–H and O–H groups in total. The van der Waals surface area contributed by atoms with E-state index in [0.29, 0.717) is 40.6 Å². The van der Waals surface area contributed by atoms with Gasteiger partial charge in [0.2, 0.25) is 0 Å². The van der Waals surface area contributed by atoms with Crippen LogP contribution in [0.5, 0.6) is 5.75 Å². The Morgan fingerprint density at radius 3 is 2.06 bits per heavy atom. The second-order valence-corrected chi connectivity index (χ2v) is 9.60. The molecule has 4 aromatic rings. The maximum atomic E-state index is 12.9. The molecule has 4 rings (SSSR count). The van der Waals surface area contributed by atoms with Crippen LogP contribution in [0.3, 0.4) is 0 Å². The average Bonchev–Trinajstić information content (AvgIpc) is 2.89. The van der Waals surface area contributed by atoms with Gasteiger partial charge in [0.05, 0.1) is 34.8 Å². The van der Waals surface area contributed by atoms with Gasteiger partial charge in [-0.3, -0.25) is 9.52 Å². The van der Waals surface area contributed by atoms with Crippen LogP contribution < -0.4 is 25.8 Å². The molecule has 8 nitrogen and oxygen atoms in total. The third-order valence-electron chi connectivity index (χ3n) is 5.45. The number of methoxy groups -OCH3 is 1. The molecule has 0 unspecified atom stereocenters. The first-order chi connectivity index (χ1) is 17.4. The topological polar surface area (TPSA) is 123 Å². The number of hydrogen-bond acceptors (Lipinski definition) is 6. The Balaban J connectivity index is 1.41. The lowest BCUT2D eigenvalue weighted by molar-refractivity contribution is 0.102. The Hall–Kier alpha value is -4.50. The molecule has 0 saturated carbocycles. The summed E-state index contributed by atoms with van der Waals surface area (Å²) < 4.78 is 33.4. The molecule has 0 aliphatic carbocycles. The van der Waals surface area contributed by atoms with Gasteiger partial charge in [-0.05, 0) is 66.2 Å². The normalized spacial score (nSPS) is 10.9. The van der Waals surface area contributed by atoms with Crippen molar-refractivity contribution in [2.24, 2.45) is 0 Å². The molecule has 0 aromatic heterocycles. The molecule has 0 bridgehead atoms. The summed E-state index contributed by atoms with van der Waals surface area (Å²) in [6.45, 7) is 0.425. The van der Waals surface area contributed by atoms with Crippen LogP contribution in [0.2, 0.25) is 0 Å². The highest BCUT2D eigenvalue weighted by Crippen LogP contribution is 2.26. The zero-order valence-electron chi connectivity index (χ0n) is 19.6. The fourth-order valence-corrected chi connectivity index (χ4v) is 4.54. The van der Waals surface area contributed by atoms with Crippen LogP contribution in [-0.4, -0.2) is 21.4 Å². The molecule has 36 heavy (non-hydrogen) atoms. The first-order valence-corrected chi connectivity index (χ1v) is 12.6. The molecule has 1 amide bonds. The third-order valence-corrected chi connectivity index (χ3v) is 6.83. The minimum absolute atomic E-state index is 0.129. The highest BCUT2D eigenvalue weighted by atomic mass is 32.2. The second-order valence-electron chi connectivity index (χ2n) is 7.92. The lowest BCUT2D eigenvalue weighted by Crippen LogP contribution is -2.14. The number of carbonyl (C=O) groups is 1. The minimum Gasteiger partial charge on any atom is -0.497 e. The standard InChI is InChI=1S/C27H26N4O4S/c1-35-21-14-16-22(17-15-21)36(33,34)31-26-9-5-4-8-25(26)29-18-19-10-12-20(13-11-19)27(32)30-24-7-3-2-6-23(24)28/h2-17,29,31H,18,28H2,1H3,(H,30,32). The summed E-state index contributed by atoms with van der Waals surface area (Å²) in [5, 5.41) is 6.05. The number of rotatable bonds is 9. The van der Waals surface area contributed by atoms with E-state index < -0.39 is 10.0 Å². The number of benzene rings is 4. The van der Waals surface area contributed by atoms with Gasteiger partial charge in [-0.1, -0.05) is 36.4 Å². The smallest absolute Gasteiger partial charge is 0.261 e. The number of sulfonamides is 1. The maximum Gasteiger partial charge on any atom is 0.261 e. The van der Waals surface area contributed by atoms with Crippen molar-refractivity contribution in [1.82, 2.24) is 0 Å². The molecule has 0 heterocycles. The number of nitrogens with two attached hydrogens (primary N) is 1. The Labute approximate surface area is 210 Å². The molecule has 0 aliphatic heterocycles. The second kappa shape index (κ2) is 10.8. The number of hydrogen-bond donors (Lipinski definition) is 4. The first kappa shape index (κ1) is 24.6. The number of amides is 1. The van der Waals surface area contributed by atoms with Crippen molar-refractivity contribution >= 4 is 38.7 Å². The molecule has 0 atom stereocenters. The number of para-hydroxylation sites is 4. The summed E-state index contributed by atoms with van der Waals surface area (Å²) in [6.07, 6.45) is 0. The summed E-state index contributed by atoms with van der Waals surface area (Å²) in [7, 11) is -2.27. The van der Waals surface area contributed by atoms with E-state index in [9.17, 15) is 13.2 Å². The maximum absolute atomic E-state index is 12.9. The first-order valence-electron chi connectivity index (χ1n) is 11.1. The Bertz CT molecular complexity index is 1450. The highest BCUT2D eigenvalue weighted by Gasteiger charge is 2.16. The van der Waals surface area contributed by atoms with E-state index in [2.05, 4.69) is 15.4 Å². The van der Waals surface area contributed by atoms with Gasteiger partial charge < -0.3 is 21.1 Å². The van der Waals surface area contributed by atoms with Crippen LogP contribution in [0.1, 0.15) is 15.9 Å². The van der Waals surface area contributed by atoms with E-state index in [1.165, 1.54) is 19.2 Å². The van der Waals surface area contributed by atoms with Crippen molar-refractivity contribution in [3.8, 4) is 5.75 Å². The molecular weight excluding hydrogens is 476 g/mol. The summed E-state index contributed by atoms with van der Waals surface area (Å²) in [5.74, 6) is 0.314. The summed E-state index contributed by atoms with van der Waals surface area (Å²) in [5.41, 5.74) is 9.39. The third kappa shape index (κ3) is 5.94. The van der Waals surface area contributed by atoms with Crippen LogP contribution in [0.25, 0.3) is 0 Å². The van der Waals surface area contributed by atoms with Crippen LogP contribution in [0.15, 0.2) is 102 Å². The molecular formula is C27H26N4O4S. The lowest BCUT2D eigenvalue weighted by Gasteiger charge is -2.15. The van der Waals surface area contributed by atoms with E-state index in [0.717, 1.165) is 5.56 Å². The van der Waals surface area contributed by atoms with Gasteiger partial charge in [0.25, 0.3) is 15.9 Å².